The number of hydrogen-bond acceptors (Lipinski definition) is 5. The SMILES string of the molecule is CCN1CCN(c2nc(C3CC3)c(C(=N)N)s2)CC1. The molecule has 6 heteroatoms. The fraction of sp³-hybridized carbons (Fsp3) is 0.692. The quantitative estimate of drug-likeness (QED) is 0.646. The lowest BCUT2D eigenvalue weighted by Crippen LogP contribution is -2.46. The fourth-order valence-electron chi connectivity index (χ4n) is 2.54. The maximum atomic E-state index is 7.71. The summed E-state index contributed by atoms with van der Waals surface area (Å²) in [6.45, 7) is 7.59. The van der Waals surface area contributed by atoms with Gasteiger partial charge in [0.1, 0.15) is 5.84 Å². The molecular weight excluding hydrogens is 258 g/mol. The number of aromatic nitrogens is 1. The van der Waals surface area contributed by atoms with Crippen molar-refractivity contribution in [1.82, 2.24) is 9.88 Å². The van der Waals surface area contributed by atoms with E-state index in [4.69, 9.17) is 16.1 Å². The summed E-state index contributed by atoms with van der Waals surface area (Å²) >= 11 is 1.60. The monoisotopic (exact) mass is 279 g/mol. The number of nitrogens with two attached hydrogens (primary N) is 1. The Kier molecular flexibility index (Phi) is 3.45. The molecule has 3 rings (SSSR count). The first-order chi connectivity index (χ1) is 9.19. The molecule has 5 nitrogen and oxygen atoms in total. The Balaban J connectivity index is 1.78. The van der Waals surface area contributed by atoms with Crippen LogP contribution in [0.3, 0.4) is 0 Å². The van der Waals surface area contributed by atoms with Crippen LogP contribution in [0.25, 0.3) is 0 Å². The van der Waals surface area contributed by atoms with Crippen molar-refractivity contribution < 1.29 is 0 Å². The number of nitrogen functional groups attached to an aromatic ring is 1. The van der Waals surface area contributed by atoms with Gasteiger partial charge in [-0.2, -0.15) is 0 Å². The van der Waals surface area contributed by atoms with Gasteiger partial charge in [-0.1, -0.05) is 18.3 Å². The number of anilines is 1. The predicted octanol–water partition coefficient (Wildman–Crippen LogP) is 1.45. The number of likely N-dealkylation sites (N-methyl/N-ethyl adjacent to an activating group) is 1. The van der Waals surface area contributed by atoms with Crippen molar-refractivity contribution in [3.8, 4) is 0 Å². The summed E-state index contributed by atoms with van der Waals surface area (Å²) in [7, 11) is 0. The smallest absolute Gasteiger partial charge is 0.186 e. The van der Waals surface area contributed by atoms with E-state index in [0.29, 0.717) is 5.92 Å². The van der Waals surface area contributed by atoms with Crippen LogP contribution in [0.5, 0.6) is 0 Å². The molecule has 2 heterocycles. The lowest BCUT2D eigenvalue weighted by molar-refractivity contribution is 0.271. The first kappa shape index (κ1) is 12.9. The standard InChI is InChI=1S/C13H21N5S/c1-2-17-5-7-18(8-6-17)13-16-10(9-3-4-9)11(19-13)12(14)15/h9H,2-8H2,1H3,(H3,14,15). The van der Waals surface area contributed by atoms with Gasteiger partial charge >= 0.3 is 0 Å². The first-order valence-electron chi connectivity index (χ1n) is 7.01. The second kappa shape index (κ2) is 5.09. The number of rotatable bonds is 4. The Morgan fingerprint density at radius 1 is 1.37 bits per heavy atom. The highest BCUT2D eigenvalue weighted by Gasteiger charge is 2.31. The molecule has 3 N–H and O–H groups in total. The van der Waals surface area contributed by atoms with E-state index in [1.54, 1.807) is 11.3 Å². The Bertz CT molecular complexity index is 471. The van der Waals surface area contributed by atoms with Gasteiger partial charge in [0.25, 0.3) is 0 Å². The van der Waals surface area contributed by atoms with E-state index in [9.17, 15) is 0 Å². The third-order valence-electron chi connectivity index (χ3n) is 3.94. The number of nitrogens with zero attached hydrogens (tertiary/aromatic N) is 3. The van der Waals surface area contributed by atoms with Gasteiger partial charge in [0.2, 0.25) is 0 Å². The Labute approximate surface area is 117 Å². The van der Waals surface area contributed by atoms with E-state index in [1.165, 1.54) is 12.8 Å². The average molecular weight is 279 g/mol. The summed E-state index contributed by atoms with van der Waals surface area (Å²) in [5, 5.41) is 8.77. The third-order valence-corrected chi connectivity index (χ3v) is 5.11. The molecule has 0 amide bonds. The molecule has 2 aliphatic rings. The van der Waals surface area contributed by atoms with Gasteiger partial charge in [-0.05, 0) is 19.4 Å². The summed E-state index contributed by atoms with van der Waals surface area (Å²) < 4.78 is 0. The van der Waals surface area contributed by atoms with E-state index < -0.39 is 0 Å². The van der Waals surface area contributed by atoms with E-state index in [1.807, 2.05) is 0 Å². The van der Waals surface area contributed by atoms with Crippen LogP contribution in [-0.4, -0.2) is 48.4 Å². The minimum Gasteiger partial charge on any atom is -0.383 e. The maximum absolute atomic E-state index is 7.71. The lowest BCUT2D eigenvalue weighted by Gasteiger charge is -2.33. The molecule has 0 spiro atoms. The van der Waals surface area contributed by atoms with Gasteiger partial charge in [-0.3, -0.25) is 5.41 Å². The van der Waals surface area contributed by atoms with Crippen LogP contribution in [0, 0.1) is 5.41 Å². The Hall–Kier alpha value is -1.14. The van der Waals surface area contributed by atoms with Gasteiger partial charge < -0.3 is 15.5 Å². The molecule has 0 radical (unpaired) electrons. The van der Waals surface area contributed by atoms with Crippen LogP contribution in [0.15, 0.2) is 0 Å². The second-order valence-corrected chi connectivity index (χ2v) is 6.30. The van der Waals surface area contributed by atoms with Crippen LogP contribution in [-0.2, 0) is 0 Å². The molecule has 2 fully saturated rings. The normalized spacial score (nSPS) is 20.8. The zero-order chi connectivity index (χ0) is 13.4. The highest BCUT2D eigenvalue weighted by atomic mass is 32.1. The van der Waals surface area contributed by atoms with Gasteiger partial charge in [0.05, 0.1) is 10.6 Å². The van der Waals surface area contributed by atoms with Crippen LogP contribution >= 0.6 is 11.3 Å². The summed E-state index contributed by atoms with van der Waals surface area (Å²) in [4.78, 5) is 10.5. The topological polar surface area (TPSA) is 69.2 Å². The van der Waals surface area contributed by atoms with Crippen molar-refractivity contribution in [2.75, 3.05) is 37.6 Å². The van der Waals surface area contributed by atoms with Crippen LogP contribution in [0.2, 0.25) is 0 Å². The molecule has 19 heavy (non-hydrogen) atoms. The van der Waals surface area contributed by atoms with Crippen LogP contribution in [0.1, 0.15) is 36.3 Å². The van der Waals surface area contributed by atoms with Crippen molar-refractivity contribution >= 4 is 22.3 Å². The highest BCUT2D eigenvalue weighted by molar-refractivity contribution is 7.17. The van der Waals surface area contributed by atoms with Gasteiger partial charge in [0.15, 0.2) is 5.13 Å². The number of hydrogen-bond donors (Lipinski definition) is 2. The molecule has 0 aromatic carbocycles. The molecule has 1 saturated carbocycles. The second-order valence-electron chi connectivity index (χ2n) is 5.32. The zero-order valence-electron chi connectivity index (χ0n) is 11.4. The molecule has 0 unspecified atom stereocenters. The van der Waals surface area contributed by atoms with Gasteiger partial charge in [-0.15, -0.1) is 0 Å². The molecular formula is C13H21N5S. The summed E-state index contributed by atoms with van der Waals surface area (Å²) in [5.74, 6) is 0.735. The van der Waals surface area contributed by atoms with Crippen molar-refractivity contribution in [3.05, 3.63) is 10.6 Å². The van der Waals surface area contributed by atoms with E-state index in [2.05, 4.69) is 16.7 Å². The zero-order valence-corrected chi connectivity index (χ0v) is 12.2. The van der Waals surface area contributed by atoms with E-state index in [0.717, 1.165) is 48.4 Å². The minimum atomic E-state index is 0.179. The summed E-state index contributed by atoms with van der Waals surface area (Å²) in [6.07, 6.45) is 2.40. The van der Waals surface area contributed by atoms with Gasteiger partial charge in [0, 0.05) is 32.1 Å². The van der Waals surface area contributed by atoms with E-state index >= 15 is 0 Å². The van der Waals surface area contributed by atoms with Crippen molar-refractivity contribution in [2.45, 2.75) is 25.7 Å². The largest absolute Gasteiger partial charge is 0.383 e. The lowest BCUT2D eigenvalue weighted by atomic mass is 10.2. The predicted molar refractivity (Wildman–Crippen MR) is 79.4 cm³/mol. The molecule has 0 bridgehead atoms. The third kappa shape index (κ3) is 2.60. The fourth-order valence-corrected chi connectivity index (χ4v) is 3.60. The number of piperazine rings is 1. The molecule has 1 aliphatic heterocycles. The minimum absolute atomic E-state index is 0.179. The Morgan fingerprint density at radius 3 is 2.58 bits per heavy atom. The molecule has 104 valence electrons. The molecule has 0 atom stereocenters. The molecule has 1 aliphatic carbocycles. The number of nitrogens with one attached hydrogen (secondary N) is 1. The highest BCUT2D eigenvalue weighted by Crippen LogP contribution is 2.44. The first-order valence-corrected chi connectivity index (χ1v) is 7.83. The summed E-state index contributed by atoms with van der Waals surface area (Å²) in [5.41, 5.74) is 6.77. The average Bonchev–Trinajstić information content (AvgIpc) is 3.17. The van der Waals surface area contributed by atoms with Crippen molar-refractivity contribution in [2.24, 2.45) is 5.73 Å². The molecule has 1 aromatic heterocycles. The number of thiazole rings is 1. The van der Waals surface area contributed by atoms with Crippen molar-refractivity contribution in [1.29, 1.82) is 5.41 Å². The summed E-state index contributed by atoms with van der Waals surface area (Å²) in [6, 6.07) is 0. The number of amidine groups is 1. The van der Waals surface area contributed by atoms with Crippen molar-refractivity contribution in [3.63, 3.8) is 0 Å². The van der Waals surface area contributed by atoms with Crippen LogP contribution < -0.4 is 10.6 Å². The Morgan fingerprint density at radius 2 is 2.05 bits per heavy atom. The maximum Gasteiger partial charge on any atom is 0.186 e. The van der Waals surface area contributed by atoms with Crippen LogP contribution in [0.4, 0.5) is 5.13 Å². The van der Waals surface area contributed by atoms with Gasteiger partial charge in [-0.25, -0.2) is 4.98 Å². The molecule has 1 saturated heterocycles. The molecule has 1 aromatic rings. The van der Waals surface area contributed by atoms with E-state index in [-0.39, 0.29) is 5.84 Å².